The van der Waals surface area contributed by atoms with E-state index in [1.54, 1.807) is 12.2 Å². The molecule has 0 radical (unpaired) electrons. The lowest BCUT2D eigenvalue weighted by Gasteiger charge is -2.09. The SMILES string of the molecule is NC/C=C/CNc1ccc(C(F)(F)F)cc1F. The van der Waals surface area contributed by atoms with Crippen molar-refractivity contribution in [2.45, 2.75) is 6.18 Å². The molecule has 0 heterocycles. The number of halogens is 4. The Hall–Kier alpha value is -1.56. The number of hydrogen-bond donors (Lipinski definition) is 2. The molecule has 1 rings (SSSR count). The van der Waals surface area contributed by atoms with E-state index in [1.165, 1.54) is 0 Å². The topological polar surface area (TPSA) is 38.0 Å². The van der Waals surface area contributed by atoms with Crippen molar-refractivity contribution in [1.82, 2.24) is 0 Å². The van der Waals surface area contributed by atoms with Gasteiger partial charge in [0.1, 0.15) is 5.82 Å². The van der Waals surface area contributed by atoms with E-state index < -0.39 is 17.6 Å². The molecule has 6 heteroatoms. The zero-order chi connectivity index (χ0) is 12.9. The van der Waals surface area contributed by atoms with Crippen molar-refractivity contribution in [3.05, 3.63) is 41.7 Å². The summed E-state index contributed by atoms with van der Waals surface area (Å²) in [5, 5.41) is 2.64. The first kappa shape index (κ1) is 13.5. The number of alkyl halides is 3. The Morgan fingerprint density at radius 2 is 1.94 bits per heavy atom. The van der Waals surface area contributed by atoms with E-state index in [4.69, 9.17) is 5.73 Å². The summed E-state index contributed by atoms with van der Waals surface area (Å²) in [5.41, 5.74) is 4.22. The Balaban J connectivity index is 2.73. The van der Waals surface area contributed by atoms with E-state index in [9.17, 15) is 17.6 Å². The van der Waals surface area contributed by atoms with Crippen LogP contribution >= 0.6 is 0 Å². The molecule has 0 amide bonds. The minimum atomic E-state index is -4.53. The van der Waals surface area contributed by atoms with Gasteiger partial charge in [0.2, 0.25) is 0 Å². The molecule has 0 spiro atoms. The minimum Gasteiger partial charge on any atom is -0.379 e. The minimum absolute atomic E-state index is 0.0275. The van der Waals surface area contributed by atoms with Gasteiger partial charge in [-0.05, 0) is 18.2 Å². The first-order valence-electron chi connectivity index (χ1n) is 4.91. The van der Waals surface area contributed by atoms with Gasteiger partial charge in [-0.15, -0.1) is 0 Å². The summed E-state index contributed by atoms with van der Waals surface area (Å²) in [4.78, 5) is 0. The molecule has 1 aromatic rings. The van der Waals surface area contributed by atoms with Gasteiger partial charge in [-0.2, -0.15) is 13.2 Å². The van der Waals surface area contributed by atoms with Crippen molar-refractivity contribution in [3.63, 3.8) is 0 Å². The second-order valence-electron chi connectivity index (χ2n) is 3.28. The van der Waals surface area contributed by atoms with E-state index >= 15 is 0 Å². The fraction of sp³-hybridized carbons (Fsp3) is 0.273. The lowest BCUT2D eigenvalue weighted by Crippen LogP contribution is -2.07. The molecule has 0 aliphatic rings. The van der Waals surface area contributed by atoms with Crippen LogP contribution in [0.15, 0.2) is 30.4 Å². The van der Waals surface area contributed by atoms with Crippen molar-refractivity contribution in [2.75, 3.05) is 18.4 Å². The summed E-state index contributed by atoms with van der Waals surface area (Å²) < 4.78 is 50.0. The Morgan fingerprint density at radius 3 is 2.47 bits per heavy atom. The van der Waals surface area contributed by atoms with E-state index in [0.29, 0.717) is 19.2 Å². The number of anilines is 1. The summed E-state index contributed by atoms with van der Waals surface area (Å²) in [6.45, 7) is 0.663. The van der Waals surface area contributed by atoms with Crippen LogP contribution in [-0.4, -0.2) is 13.1 Å². The first-order valence-corrected chi connectivity index (χ1v) is 4.91. The maximum atomic E-state index is 13.3. The van der Waals surface area contributed by atoms with Gasteiger partial charge in [0.15, 0.2) is 0 Å². The van der Waals surface area contributed by atoms with Crippen molar-refractivity contribution in [3.8, 4) is 0 Å². The molecular weight excluding hydrogens is 236 g/mol. The van der Waals surface area contributed by atoms with Crippen LogP contribution in [0.3, 0.4) is 0 Å². The molecule has 0 bridgehead atoms. The molecular formula is C11H12F4N2. The summed E-state index contributed by atoms with van der Waals surface area (Å²) in [6, 6.07) is 2.36. The number of nitrogens with two attached hydrogens (primary N) is 1. The Morgan fingerprint density at radius 1 is 1.24 bits per heavy atom. The maximum absolute atomic E-state index is 13.3. The van der Waals surface area contributed by atoms with Gasteiger partial charge >= 0.3 is 6.18 Å². The molecule has 17 heavy (non-hydrogen) atoms. The Labute approximate surface area is 96.1 Å². The smallest absolute Gasteiger partial charge is 0.379 e. The molecule has 2 nitrogen and oxygen atoms in total. The summed E-state index contributed by atoms with van der Waals surface area (Å²) >= 11 is 0. The molecule has 0 unspecified atom stereocenters. The molecule has 0 saturated carbocycles. The van der Waals surface area contributed by atoms with E-state index in [1.807, 2.05) is 0 Å². The van der Waals surface area contributed by atoms with Crippen LogP contribution in [0.2, 0.25) is 0 Å². The maximum Gasteiger partial charge on any atom is 0.416 e. The van der Waals surface area contributed by atoms with E-state index in [2.05, 4.69) is 5.32 Å². The van der Waals surface area contributed by atoms with Crippen molar-refractivity contribution in [2.24, 2.45) is 5.73 Å². The summed E-state index contributed by atoms with van der Waals surface area (Å²) in [5.74, 6) is -0.930. The second-order valence-corrected chi connectivity index (χ2v) is 3.28. The molecule has 0 aliphatic carbocycles. The zero-order valence-corrected chi connectivity index (χ0v) is 8.89. The third kappa shape index (κ3) is 4.07. The number of rotatable bonds is 4. The van der Waals surface area contributed by atoms with Gasteiger partial charge in [-0.3, -0.25) is 0 Å². The molecule has 1 aromatic carbocycles. The van der Waals surface area contributed by atoms with Crippen molar-refractivity contribution < 1.29 is 17.6 Å². The standard InChI is InChI=1S/C11H12F4N2/c12-9-7-8(11(13,14)15)3-4-10(9)17-6-2-1-5-16/h1-4,7,17H,5-6,16H2/b2-1+. The molecule has 0 aromatic heterocycles. The van der Waals surface area contributed by atoms with Gasteiger partial charge in [0, 0.05) is 13.1 Å². The van der Waals surface area contributed by atoms with Crippen molar-refractivity contribution in [1.29, 1.82) is 0 Å². The summed E-state index contributed by atoms with van der Waals surface area (Å²) in [7, 11) is 0. The number of nitrogens with one attached hydrogen (secondary N) is 1. The number of benzene rings is 1. The third-order valence-corrected chi connectivity index (χ3v) is 2.01. The highest BCUT2D eigenvalue weighted by Crippen LogP contribution is 2.31. The van der Waals surface area contributed by atoms with Gasteiger partial charge in [0.25, 0.3) is 0 Å². The quantitative estimate of drug-likeness (QED) is 0.635. The van der Waals surface area contributed by atoms with Crippen molar-refractivity contribution >= 4 is 5.69 Å². The second kappa shape index (κ2) is 5.67. The van der Waals surface area contributed by atoms with Gasteiger partial charge < -0.3 is 11.1 Å². The van der Waals surface area contributed by atoms with Gasteiger partial charge in [-0.1, -0.05) is 12.2 Å². The molecule has 0 fully saturated rings. The lowest BCUT2D eigenvalue weighted by molar-refractivity contribution is -0.137. The Kier molecular flexibility index (Phi) is 4.51. The van der Waals surface area contributed by atoms with Crippen LogP contribution in [0, 0.1) is 5.82 Å². The van der Waals surface area contributed by atoms with Crippen LogP contribution in [-0.2, 0) is 6.18 Å². The average molecular weight is 248 g/mol. The predicted molar refractivity (Wildman–Crippen MR) is 58.1 cm³/mol. The van der Waals surface area contributed by atoms with Gasteiger partial charge in [0.05, 0.1) is 11.3 Å². The monoisotopic (exact) mass is 248 g/mol. The van der Waals surface area contributed by atoms with Crippen LogP contribution in [0.5, 0.6) is 0 Å². The molecule has 94 valence electrons. The normalized spacial score (nSPS) is 12.1. The Bertz CT molecular complexity index is 399. The third-order valence-electron chi connectivity index (χ3n) is 2.01. The summed E-state index contributed by atoms with van der Waals surface area (Å²) in [6.07, 6.45) is -1.20. The fourth-order valence-electron chi connectivity index (χ4n) is 1.18. The molecule has 0 aliphatic heterocycles. The molecule has 3 N–H and O–H groups in total. The highest BCUT2D eigenvalue weighted by molar-refractivity contribution is 5.47. The number of hydrogen-bond acceptors (Lipinski definition) is 2. The fourth-order valence-corrected chi connectivity index (χ4v) is 1.18. The molecule has 0 saturated heterocycles. The molecule has 0 atom stereocenters. The van der Waals surface area contributed by atoms with E-state index in [0.717, 1.165) is 12.1 Å². The predicted octanol–water partition coefficient (Wildman–Crippen LogP) is 2.77. The highest BCUT2D eigenvalue weighted by atomic mass is 19.4. The van der Waals surface area contributed by atoms with Gasteiger partial charge in [-0.25, -0.2) is 4.39 Å². The van der Waals surface area contributed by atoms with Crippen LogP contribution in [0.25, 0.3) is 0 Å². The van der Waals surface area contributed by atoms with Crippen LogP contribution in [0.4, 0.5) is 23.2 Å². The van der Waals surface area contributed by atoms with Crippen LogP contribution < -0.4 is 11.1 Å². The lowest BCUT2D eigenvalue weighted by atomic mass is 10.2. The zero-order valence-electron chi connectivity index (χ0n) is 8.89. The van der Waals surface area contributed by atoms with Crippen LogP contribution in [0.1, 0.15) is 5.56 Å². The highest BCUT2D eigenvalue weighted by Gasteiger charge is 2.31. The largest absolute Gasteiger partial charge is 0.416 e. The van der Waals surface area contributed by atoms with E-state index in [-0.39, 0.29) is 5.69 Å². The average Bonchev–Trinajstić information content (AvgIpc) is 2.24. The first-order chi connectivity index (χ1) is 7.95.